The molecule has 0 aliphatic carbocycles. The maximum atomic E-state index is 11.5. The van der Waals surface area contributed by atoms with Crippen molar-refractivity contribution in [3.05, 3.63) is 12.1 Å². The number of nitrogens with two attached hydrogens (primary N) is 1. The second-order valence-electron chi connectivity index (χ2n) is 3.50. The van der Waals surface area contributed by atoms with Gasteiger partial charge in [0.2, 0.25) is 11.7 Å². The Kier molecular flexibility index (Phi) is 7.71. The Balaban J connectivity index is 0.00000324. The number of halogens is 1. The van der Waals surface area contributed by atoms with Gasteiger partial charge in [0.15, 0.2) is 11.5 Å². The van der Waals surface area contributed by atoms with Gasteiger partial charge in [0.05, 0.1) is 21.3 Å². The van der Waals surface area contributed by atoms with Gasteiger partial charge in [-0.3, -0.25) is 4.79 Å². The first-order chi connectivity index (χ1) is 8.65. The van der Waals surface area contributed by atoms with Crippen molar-refractivity contribution in [1.29, 1.82) is 0 Å². The molecule has 1 aromatic carbocycles. The van der Waals surface area contributed by atoms with Crippen LogP contribution in [0.4, 0.5) is 5.69 Å². The molecular formula is C12H19ClN2O4. The van der Waals surface area contributed by atoms with Gasteiger partial charge < -0.3 is 25.3 Å². The van der Waals surface area contributed by atoms with Crippen molar-refractivity contribution >= 4 is 24.0 Å². The molecule has 0 heterocycles. The molecule has 0 saturated carbocycles. The number of carbonyl (C=O) groups excluding carboxylic acids is 1. The van der Waals surface area contributed by atoms with Gasteiger partial charge in [-0.15, -0.1) is 12.4 Å². The van der Waals surface area contributed by atoms with Crippen LogP contribution in [0.1, 0.15) is 6.42 Å². The van der Waals surface area contributed by atoms with Gasteiger partial charge in [0, 0.05) is 30.8 Å². The molecular weight excluding hydrogens is 272 g/mol. The lowest BCUT2D eigenvalue weighted by molar-refractivity contribution is -0.116. The van der Waals surface area contributed by atoms with Crippen molar-refractivity contribution in [1.82, 2.24) is 0 Å². The van der Waals surface area contributed by atoms with Crippen LogP contribution < -0.4 is 25.3 Å². The normalized spacial score (nSPS) is 9.26. The van der Waals surface area contributed by atoms with Gasteiger partial charge in [0.25, 0.3) is 0 Å². The molecule has 0 atom stereocenters. The van der Waals surface area contributed by atoms with Gasteiger partial charge in [-0.05, 0) is 0 Å². The number of anilines is 1. The third-order valence-corrected chi connectivity index (χ3v) is 2.32. The molecule has 0 aliphatic heterocycles. The molecule has 7 heteroatoms. The molecule has 0 fully saturated rings. The van der Waals surface area contributed by atoms with Crippen molar-refractivity contribution in [2.24, 2.45) is 5.73 Å². The fourth-order valence-corrected chi connectivity index (χ4v) is 1.51. The Morgan fingerprint density at radius 3 is 2.05 bits per heavy atom. The third kappa shape index (κ3) is 4.50. The number of ether oxygens (including phenoxy) is 3. The smallest absolute Gasteiger partial charge is 0.225 e. The van der Waals surface area contributed by atoms with Crippen molar-refractivity contribution in [2.45, 2.75) is 6.42 Å². The van der Waals surface area contributed by atoms with Crippen LogP contribution in [-0.2, 0) is 4.79 Å². The number of methoxy groups -OCH3 is 3. The van der Waals surface area contributed by atoms with Crippen LogP contribution in [0.15, 0.2) is 12.1 Å². The predicted octanol–water partition coefficient (Wildman–Crippen LogP) is 1.42. The number of amides is 1. The molecule has 0 radical (unpaired) electrons. The van der Waals surface area contributed by atoms with Crippen molar-refractivity contribution in [3.8, 4) is 17.2 Å². The van der Waals surface area contributed by atoms with E-state index in [1.165, 1.54) is 21.3 Å². The molecule has 0 unspecified atom stereocenters. The van der Waals surface area contributed by atoms with E-state index < -0.39 is 0 Å². The minimum Gasteiger partial charge on any atom is -0.493 e. The van der Waals surface area contributed by atoms with Crippen molar-refractivity contribution < 1.29 is 19.0 Å². The fraction of sp³-hybridized carbons (Fsp3) is 0.417. The molecule has 6 nitrogen and oxygen atoms in total. The molecule has 0 saturated heterocycles. The Labute approximate surface area is 118 Å². The van der Waals surface area contributed by atoms with E-state index in [9.17, 15) is 4.79 Å². The summed E-state index contributed by atoms with van der Waals surface area (Å²) in [4.78, 5) is 11.5. The molecule has 0 aromatic heterocycles. The summed E-state index contributed by atoms with van der Waals surface area (Å²) < 4.78 is 15.5. The Morgan fingerprint density at radius 1 is 1.16 bits per heavy atom. The zero-order valence-corrected chi connectivity index (χ0v) is 12.0. The Bertz CT molecular complexity index is 401. The van der Waals surface area contributed by atoms with Gasteiger partial charge in [-0.1, -0.05) is 0 Å². The molecule has 108 valence electrons. The first-order valence-electron chi connectivity index (χ1n) is 5.46. The molecule has 0 aliphatic rings. The number of hydrogen-bond donors (Lipinski definition) is 2. The molecule has 0 bridgehead atoms. The standard InChI is InChI=1S/C12H18N2O4.ClH/c1-16-9-6-8(14-11(15)4-5-13)7-10(17-2)12(9)18-3;/h6-7H,4-5,13H2,1-3H3,(H,14,15);1H. The minimum atomic E-state index is -0.160. The minimum absolute atomic E-state index is 0. The molecule has 3 N–H and O–H groups in total. The van der Waals surface area contributed by atoms with Gasteiger partial charge in [-0.2, -0.15) is 0 Å². The third-order valence-electron chi connectivity index (χ3n) is 2.32. The van der Waals surface area contributed by atoms with E-state index in [1.807, 2.05) is 0 Å². The molecule has 19 heavy (non-hydrogen) atoms. The quantitative estimate of drug-likeness (QED) is 0.828. The van der Waals surface area contributed by atoms with E-state index in [-0.39, 0.29) is 24.7 Å². The lowest BCUT2D eigenvalue weighted by Gasteiger charge is -2.14. The summed E-state index contributed by atoms with van der Waals surface area (Å²) in [5, 5.41) is 2.71. The van der Waals surface area contributed by atoms with Crippen molar-refractivity contribution in [2.75, 3.05) is 33.2 Å². The number of benzene rings is 1. The molecule has 1 amide bonds. The number of rotatable bonds is 6. The summed E-state index contributed by atoms with van der Waals surface area (Å²) in [6, 6.07) is 3.32. The van der Waals surface area contributed by atoms with Crippen LogP contribution in [0.5, 0.6) is 17.2 Å². The van der Waals surface area contributed by atoms with Gasteiger partial charge in [-0.25, -0.2) is 0 Å². The second-order valence-corrected chi connectivity index (χ2v) is 3.50. The second kappa shape index (κ2) is 8.44. The summed E-state index contributed by atoms with van der Waals surface area (Å²) in [7, 11) is 4.55. The maximum Gasteiger partial charge on any atom is 0.225 e. The lowest BCUT2D eigenvalue weighted by atomic mass is 10.2. The molecule has 0 spiro atoms. The van der Waals surface area contributed by atoms with E-state index in [2.05, 4.69) is 5.32 Å². The van der Waals surface area contributed by atoms with Crippen LogP contribution in [0.2, 0.25) is 0 Å². The number of nitrogens with one attached hydrogen (secondary N) is 1. The van der Waals surface area contributed by atoms with Crippen LogP contribution in [0.25, 0.3) is 0 Å². The van der Waals surface area contributed by atoms with E-state index in [0.717, 1.165) is 0 Å². The highest BCUT2D eigenvalue weighted by Gasteiger charge is 2.14. The van der Waals surface area contributed by atoms with E-state index in [4.69, 9.17) is 19.9 Å². The first kappa shape index (κ1) is 17.3. The van der Waals surface area contributed by atoms with Crippen LogP contribution in [-0.4, -0.2) is 33.8 Å². The van der Waals surface area contributed by atoms with Crippen molar-refractivity contribution in [3.63, 3.8) is 0 Å². The highest BCUT2D eigenvalue weighted by Crippen LogP contribution is 2.39. The average Bonchev–Trinajstić information content (AvgIpc) is 2.37. The van der Waals surface area contributed by atoms with Gasteiger partial charge >= 0.3 is 0 Å². The monoisotopic (exact) mass is 290 g/mol. The van der Waals surface area contributed by atoms with Crippen LogP contribution in [0, 0.1) is 0 Å². The Hall–Kier alpha value is -1.66. The summed E-state index contributed by atoms with van der Waals surface area (Å²) in [5.41, 5.74) is 5.88. The zero-order chi connectivity index (χ0) is 13.5. The Morgan fingerprint density at radius 2 is 1.68 bits per heavy atom. The topological polar surface area (TPSA) is 82.8 Å². The summed E-state index contributed by atoms with van der Waals surface area (Å²) in [6.07, 6.45) is 0.261. The lowest BCUT2D eigenvalue weighted by Crippen LogP contribution is -2.16. The molecule has 1 aromatic rings. The van der Waals surface area contributed by atoms with Gasteiger partial charge in [0.1, 0.15) is 0 Å². The van der Waals surface area contributed by atoms with Crippen LogP contribution >= 0.6 is 12.4 Å². The summed E-state index contributed by atoms with van der Waals surface area (Å²) in [6.45, 7) is 0.302. The molecule has 1 rings (SSSR count). The maximum absolute atomic E-state index is 11.5. The first-order valence-corrected chi connectivity index (χ1v) is 5.46. The van der Waals surface area contributed by atoms with E-state index >= 15 is 0 Å². The van der Waals surface area contributed by atoms with E-state index in [1.54, 1.807) is 12.1 Å². The summed E-state index contributed by atoms with van der Waals surface area (Å²) >= 11 is 0. The zero-order valence-electron chi connectivity index (χ0n) is 11.2. The van der Waals surface area contributed by atoms with E-state index in [0.29, 0.717) is 29.5 Å². The predicted molar refractivity (Wildman–Crippen MR) is 75.6 cm³/mol. The average molecular weight is 291 g/mol. The fourth-order valence-electron chi connectivity index (χ4n) is 1.51. The number of hydrogen-bond acceptors (Lipinski definition) is 5. The number of carbonyl (C=O) groups is 1. The largest absolute Gasteiger partial charge is 0.493 e. The highest BCUT2D eigenvalue weighted by molar-refractivity contribution is 5.91. The summed E-state index contributed by atoms with van der Waals surface area (Å²) in [5.74, 6) is 1.29. The van der Waals surface area contributed by atoms with Crippen LogP contribution in [0.3, 0.4) is 0 Å². The SMILES string of the molecule is COc1cc(NC(=O)CCN)cc(OC)c1OC.Cl. The highest BCUT2D eigenvalue weighted by atomic mass is 35.5.